The summed E-state index contributed by atoms with van der Waals surface area (Å²) in [4.78, 5) is 29.0. The molecule has 1 fully saturated rings. The molecule has 3 aromatic rings. The molecule has 0 aliphatic heterocycles. The van der Waals surface area contributed by atoms with E-state index < -0.39 is 57.0 Å². The Balaban J connectivity index is 1.65. The molecular formula is C27H35F4N7O3S. The second-order valence-electron chi connectivity index (χ2n) is 11.3. The highest BCUT2D eigenvalue weighted by atomic mass is 32.2. The number of hydrogen-bond acceptors (Lipinski definition) is 8. The fraction of sp³-hybridized carbons (Fsp3) is 0.556. The fourth-order valence-electron chi connectivity index (χ4n) is 4.98. The molecule has 0 bridgehead atoms. The zero-order chi connectivity index (χ0) is 31.0. The Bertz CT molecular complexity index is 1590. The van der Waals surface area contributed by atoms with Crippen molar-refractivity contribution in [2.24, 2.45) is 0 Å². The van der Waals surface area contributed by atoms with Gasteiger partial charge in [-0.05, 0) is 72.7 Å². The van der Waals surface area contributed by atoms with Crippen molar-refractivity contribution in [3.05, 3.63) is 40.3 Å². The first kappa shape index (κ1) is 31.6. The maximum atomic E-state index is 15.0. The van der Waals surface area contributed by atoms with Crippen LogP contribution in [0.4, 0.5) is 29.2 Å². The standard InChI is InChI=1S/C27H35F4N7O3S/c1-15(2)38-24-21(14-32-26(35-24)33-17-6-8-18(9-7-17)37(4)5)34-22(25(38)39)16-12-19(28)23(20(29)13-16)36-42(40,41)11-10-27(3,30)31/h12-15,17-18,36H,6-11H2,1-5H3,(H,32,33,35). The highest BCUT2D eigenvalue weighted by Gasteiger charge is 2.27. The van der Waals surface area contributed by atoms with Crippen molar-refractivity contribution in [2.75, 3.05) is 29.9 Å². The molecule has 230 valence electrons. The van der Waals surface area contributed by atoms with Gasteiger partial charge < -0.3 is 10.2 Å². The van der Waals surface area contributed by atoms with Gasteiger partial charge in [-0.1, -0.05) is 0 Å². The fourth-order valence-corrected chi connectivity index (χ4v) is 6.22. The Morgan fingerprint density at radius 3 is 2.26 bits per heavy atom. The van der Waals surface area contributed by atoms with Crippen LogP contribution in [0.25, 0.3) is 22.4 Å². The van der Waals surface area contributed by atoms with E-state index in [0.29, 0.717) is 18.9 Å². The van der Waals surface area contributed by atoms with Crippen LogP contribution in [0.1, 0.15) is 58.9 Å². The van der Waals surface area contributed by atoms with Crippen molar-refractivity contribution in [3.8, 4) is 11.3 Å². The monoisotopic (exact) mass is 613 g/mol. The number of alkyl halides is 2. The minimum absolute atomic E-state index is 0.172. The number of anilines is 2. The molecule has 0 radical (unpaired) electrons. The SMILES string of the molecule is CC(C)n1c(=O)c(-c2cc(F)c(NS(=O)(=O)CCC(C)(F)F)c(F)c2)nc2cnc(NC3CCC(N(C)C)CC3)nc21. The maximum Gasteiger partial charge on any atom is 0.278 e. The van der Waals surface area contributed by atoms with Gasteiger partial charge in [0.05, 0.1) is 11.9 Å². The van der Waals surface area contributed by atoms with Crippen molar-refractivity contribution >= 4 is 32.8 Å². The van der Waals surface area contributed by atoms with Crippen LogP contribution in [0.2, 0.25) is 0 Å². The predicted molar refractivity (Wildman–Crippen MR) is 153 cm³/mol. The zero-order valence-electron chi connectivity index (χ0n) is 24.1. The molecule has 0 atom stereocenters. The van der Waals surface area contributed by atoms with Crippen molar-refractivity contribution < 1.29 is 26.0 Å². The lowest BCUT2D eigenvalue weighted by atomic mass is 9.91. The van der Waals surface area contributed by atoms with Crippen LogP contribution < -0.4 is 15.6 Å². The number of sulfonamides is 1. The number of hydrogen-bond donors (Lipinski definition) is 2. The van der Waals surface area contributed by atoms with Crippen molar-refractivity contribution in [1.82, 2.24) is 24.4 Å². The Morgan fingerprint density at radius 1 is 1.10 bits per heavy atom. The molecule has 0 amide bonds. The molecule has 1 aliphatic carbocycles. The van der Waals surface area contributed by atoms with Gasteiger partial charge in [-0.25, -0.2) is 35.9 Å². The molecule has 4 rings (SSSR count). The second-order valence-corrected chi connectivity index (χ2v) is 13.1. The van der Waals surface area contributed by atoms with Gasteiger partial charge in [0.1, 0.15) is 16.9 Å². The summed E-state index contributed by atoms with van der Waals surface area (Å²) in [6.07, 6.45) is 4.33. The van der Waals surface area contributed by atoms with Gasteiger partial charge in [-0.15, -0.1) is 0 Å². The molecule has 15 heteroatoms. The van der Waals surface area contributed by atoms with Gasteiger partial charge in [0.25, 0.3) is 5.56 Å². The third-order valence-electron chi connectivity index (χ3n) is 7.29. The summed E-state index contributed by atoms with van der Waals surface area (Å²) in [5, 5.41) is 3.34. The van der Waals surface area contributed by atoms with Crippen molar-refractivity contribution in [2.45, 2.75) is 76.9 Å². The van der Waals surface area contributed by atoms with Crippen LogP contribution in [-0.2, 0) is 10.0 Å². The van der Waals surface area contributed by atoms with Gasteiger partial charge in [0.2, 0.25) is 21.9 Å². The number of fused-ring (bicyclic) bond motifs is 1. The lowest BCUT2D eigenvalue weighted by Gasteiger charge is -2.32. The van der Waals surface area contributed by atoms with E-state index in [0.717, 1.165) is 37.8 Å². The van der Waals surface area contributed by atoms with Crippen LogP contribution >= 0.6 is 0 Å². The van der Waals surface area contributed by atoms with E-state index in [1.54, 1.807) is 18.6 Å². The van der Waals surface area contributed by atoms with Crippen LogP contribution in [0.15, 0.2) is 23.1 Å². The molecule has 0 spiro atoms. The lowest BCUT2D eigenvalue weighted by molar-refractivity contribution is 0.0189. The number of nitrogens with one attached hydrogen (secondary N) is 2. The van der Waals surface area contributed by atoms with Crippen LogP contribution in [-0.4, -0.2) is 70.7 Å². The molecule has 42 heavy (non-hydrogen) atoms. The number of benzene rings is 1. The maximum absolute atomic E-state index is 15.0. The van der Waals surface area contributed by atoms with Crippen LogP contribution in [0.3, 0.4) is 0 Å². The average molecular weight is 614 g/mol. The lowest BCUT2D eigenvalue weighted by Crippen LogP contribution is -2.36. The highest BCUT2D eigenvalue weighted by molar-refractivity contribution is 7.92. The largest absolute Gasteiger partial charge is 0.351 e. The third-order valence-corrected chi connectivity index (χ3v) is 8.55. The van der Waals surface area contributed by atoms with Crippen molar-refractivity contribution in [3.63, 3.8) is 0 Å². The first-order valence-electron chi connectivity index (χ1n) is 13.6. The third kappa shape index (κ3) is 7.35. The van der Waals surface area contributed by atoms with Gasteiger partial charge in [0, 0.05) is 30.1 Å². The number of nitrogens with zero attached hydrogens (tertiary/aromatic N) is 5. The van der Waals surface area contributed by atoms with Crippen LogP contribution in [0, 0.1) is 11.6 Å². The normalized spacial score (nSPS) is 18.2. The van der Waals surface area contributed by atoms with E-state index in [2.05, 4.69) is 39.3 Å². The summed E-state index contributed by atoms with van der Waals surface area (Å²) in [6.45, 7) is 4.04. The summed E-state index contributed by atoms with van der Waals surface area (Å²) >= 11 is 0. The van der Waals surface area contributed by atoms with E-state index in [1.807, 2.05) is 0 Å². The molecule has 0 unspecified atom stereocenters. The summed E-state index contributed by atoms with van der Waals surface area (Å²) < 4.78 is 83.5. The summed E-state index contributed by atoms with van der Waals surface area (Å²) in [6, 6.07) is 1.81. The molecule has 1 aliphatic rings. The summed E-state index contributed by atoms with van der Waals surface area (Å²) in [5.74, 6) is -6.66. The Hall–Kier alpha value is -3.33. The molecule has 2 heterocycles. The molecule has 1 aromatic carbocycles. The smallest absolute Gasteiger partial charge is 0.278 e. The minimum Gasteiger partial charge on any atom is -0.351 e. The van der Waals surface area contributed by atoms with Gasteiger partial charge in [-0.2, -0.15) is 4.98 Å². The first-order chi connectivity index (χ1) is 19.5. The zero-order valence-corrected chi connectivity index (χ0v) is 24.9. The number of rotatable bonds is 10. The average Bonchev–Trinajstić information content (AvgIpc) is 2.89. The van der Waals surface area contributed by atoms with Crippen molar-refractivity contribution in [1.29, 1.82) is 0 Å². The molecule has 2 aromatic heterocycles. The van der Waals surface area contributed by atoms with Crippen LogP contribution in [0.5, 0.6) is 0 Å². The van der Waals surface area contributed by atoms with E-state index in [-0.39, 0.29) is 28.5 Å². The second kappa shape index (κ2) is 12.1. The van der Waals surface area contributed by atoms with E-state index >= 15 is 0 Å². The first-order valence-corrected chi connectivity index (χ1v) is 15.3. The van der Waals surface area contributed by atoms with E-state index in [4.69, 9.17) is 0 Å². The predicted octanol–water partition coefficient (Wildman–Crippen LogP) is 4.78. The molecule has 0 saturated heterocycles. The Labute approximate surface area is 241 Å². The Morgan fingerprint density at radius 2 is 1.71 bits per heavy atom. The van der Waals surface area contributed by atoms with E-state index in [1.165, 1.54) is 10.8 Å². The summed E-state index contributed by atoms with van der Waals surface area (Å²) in [7, 11) is -0.352. The molecule has 1 saturated carbocycles. The quantitative estimate of drug-likeness (QED) is 0.313. The van der Waals surface area contributed by atoms with Gasteiger partial charge in [-0.3, -0.25) is 14.1 Å². The van der Waals surface area contributed by atoms with E-state index in [9.17, 15) is 30.8 Å². The molecule has 2 N–H and O–H groups in total. The highest BCUT2D eigenvalue weighted by Crippen LogP contribution is 2.29. The summed E-state index contributed by atoms with van der Waals surface area (Å²) in [5.41, 5.74) is -1.77. The minimum atomic E-state index is -4.48. The number of halogens is 4. The van der Waals surface area contributed by atoms with Gasteiger partial charge >= 0.3 is 0 Å². The Kier molecular flexibility index (Phi) is 9.11. The van der Waals surface area contributed by atoms with Gasteiger partial charge in [0.15, 0.2) is 17.3 Å². The topological polar surface area (TPSA) is 122 Å². The molecular weight excluding hydrogens is 578 g/mol. The molecule has 10 nitrogen and oxygen atoms in total. The number of aromatic nitrogens is 4.